The van der Waals surface area contributed by atoms with Crippen molar-refractivity contribution in [3.8, 4) is 11.5 Å². The van der Waals surface area contributed by atoms with Crippen molar-refractivity contribution < 1.29 is 14.3 Å². The number of fused-ring (bicyclic) bond motifs is 1. The fourth-order valence-corrected chi connectivity index (χ4v) is 3.07. The maximum Gasteiger partial charge on any atom is 0.277 e. The first-order valence-corrected chi connectivity index (χ1v) is 8.87. The highest BCUT2D eigenvalue weighted by Gasteiger charge is 2.06. The molecule has 0 fully saturated rings. The average Bonchev–Trinajstić information content (AvgIpc) is 2.66. The summed E-state index contributed by atoms with van der Waals surface area (Å²) < 4.78 is 11.7. The van der Waals surface area contributed by atoms with E-state index in [1.807, 2.05) is 42.5 Å². The number of hydrogen-bond acceptors (Lipinski definition) is 5. The second-order valence-electron chi connectivity index (χ2n) is 5.31. The summed E-state index contributed by atoms with van der Waals surface area (Å²) in [5.74, 6) is 1.01. The van der Waals surface area contributed by atoms with Gasteiger partial charge in [0.05, 0.1) is 16.9 Å². The molecule has 1 amide bonds. The number of nitrogens with one attached hydrogen (secondary N) is 1. The zero-order valence-electron chi connectivity index (χ0n) is 14.0. The minimum atomic E-state index is -0.350. The first-order valence-electron chi connectivity index (χ1n) is 7.79. The number of hydrogen-bond donors (Lipinski definition) is 1. The van der Waals surface area contributed by atoms with Crippen molar-refractivity contribution in [1.29, 1.82) is 0 Å². The lowest BCUT2D eigenvalue weighted by Gasteiger charge is -2.07. The predicted molar refractivity (Wildman–Crippen MR) is 109 cm³/mol. The predicted octanol–water partition coefficient (Wildman–Crippen LogP) is 3.38. The van der Waals surface area contributed by atoms with E-state index in [1.165, 1.54) is 0 Å². The van der Waals surface area contributed by atoms with Gasteiger partial charge in [-0.2, -0.15) is 5.10 Å². The van der Waals surface area contributed by atoms with Crippen molar-refractivity contribution in [2.45, 2.75) is 0 Å². The zero-order chi connectivity index (χ0) is 18.4. The molecule has 6 nitrogen and oxygen atoms in total. The molecule has 2 aromatic carbocycles. The lowest BCUT2D eigenvalue weighted by Crippen LogP contribution is -2.24. The molecule has 3 aromatic rings. The van der Waals surface area contributed by atoms with Crippen LogP contribution in [0.1, 0.15) is 5.56 Å². The maximum atomic E-state index is 11.9. The number of halogens is 1. The summed E-state index contributed by atoms with van der Waals surface area (Å²) in [7, 11) is 1.62. The summed E-state index contributed by atoms with van der Waals surface area (Å²) >= 11 is 2.18. The Hall–Kier alpha value is -2.68. The Morgan fingerprint density at radius 2 is 2.08 bits per heavy atom. The van der Waals surface area contributed by atoms with Gasteiger partial charge < -0.3 is 9.47 Å². The van der Waals surface area contributed by atoms with E-state index in [4.69, 9.17) is 9.47 Å². The highest BCUT2D eigenvalue weighted by atomic mass is 127. The number of hydrazone groups is 1. The number of methoxy groups -OCH3 is 1. The highest BCUT2D eigenvalue weighted by Crippen LogP contribution is 2.23. The molecule has 0 aliphatic heterocycles. The minimum absolute atomic E-state index is 0.146. The van der Waals surface area contributed by atoms with E-state index in [0.717, 1.165) is 25.8 Å². The van der Waals surface area contributed by atoms with E-state index in [1.54, 1.807) is 25.6 Å². The van der Waals surface area contributed by atoms with Crippen molar-refractivity contribution in [3.63, 3.8) is 0 Å². The largest absolute Gasteiger partial charge is 0.496 e. The topological polar surface area (TPSA) is 72.8 Å². The Balaban J connectivity index is 1.56. The van der Waals surface area contributed by atoms with E-state index in [0.29, 0.717) is 5.75 Å². The fraction of sp³-hybridized carbons (Fsp3) is 0.105. The highest BCUT2D eigenvalue weighted by molar-refractivity contribution is 14.1. The molecule has 132 valence electrons. The van der Waals surface area contributed by atoms with Gasteiger partial charge in [-0.05, 0) is 58.5 Å². The molecular formula is C19H16IN3O3. The Labute approximate surface area is 164 Å². The van der Waals surface area contributed by atoms with Gasteiger partial charge in [0, 0.05) is 11.6 Å². The molecule has 3 rings (SSSR count). The molecule has 0 saturated carbocycles. The molecule has 0 bridgehead atoms. The third kappa shape index (κ3) is 4.48. The Morgan fingerprint density at radius 1 is 1.23 bits per heavy atom. The lowest BCUT2D eigenvalue weighted by molar-refractivity contribution is -0.123. The number of nitrogens with zero attached hydrogens (tertiary/aromatic N) is 2. The summed E-state index contributed by atoms with van der Waals surface area (Å²) in [6.45, 7) is -0.146. The van der Waals surface area contributed by atoms with Crippen LogP contribution in [0.15, 0.2) is 59.8 Å². The van der Waals surface area contributed by atoms with Gasteiger partial charge in [0.15, 0.2) is 6.61 Å². The molecule has 0 spiro atoms. The summed E-state index contributed by atoms with van der Waals surface area (Å²) in [6.07, 6.45) is 3.26. The van der Waals surface area contributed by atoms with Gasteiger partial charge in [-0.25, -0.2) is 5.43 Å². The lowest BCUT2D eigenvalue weighted by atomic mass is 10.2. The van der Waals surface area contributed by atoms with Crippen LogP contribution < -0.4 is 14.9 Å². The van der Waals surface area contributed by atoms with E-state index in [2.05, 4.69) is 38.1 Å². The number of rotatable bonds is 6. The van der Waals surface area contributed by atoms with Crippen LogP contribution in [0.25, 0.3) is 10.9 Å². The quantitative estimate of drug-likeness (QED) is 0.347. The van der Waals surface area contributed by atoms with Gasteiger partial charge >= 0.3 is 0 Å². The van der Waals surface area contributed by atoms with Crippen LogP contribution in [-0.2, 0) is 4.79 Å². The molecule has 7 heteroatoms. The van der Waals surface area contributed by atoms with Gasteiger partial charge in [-0.3, -0.25) is 9.78 Å². The Bertz CT molecular complexity index is 954. The van der Waals surface area contributed by atoms with Crippen LogP contribution in [0.4, 0.5) is 0 Å². The Morgan fingerprint density at radius 3 is 2.88 bits per heavy atom. The Kier molecular flexibility index (Phi) is 6.00. The second-order valence-corrected chi connectivity index (χ2v) is 6.47. The number of ether oxygens (including phenoxy) is 2. The number of amides is 1. The van der Waals surface area contributed by atoms with Gasteiger partial charge in [-0.1, -0.05) is 18.2 Å². The normalized spacial score (nSPS) is 10.8. The van der Waals surface area contributed by atoms with Crippen LogP contribution in [0.3, 0.4) is 0 Å². The van der Waals surface area contributed by atoms with Gasteiger partial charge in [0.25, 0.3) is 5.91 Å². The van der Waals surface area contributed by atoms with E-state index < -0.39 is 0 Å². The molecule has 0 aliphatic carbocycles. The van der Waals surface area contributed by atoms with Gasteiger partial charge in [0.2, 0.25) is 0 Å². The molecule has 0 atom stereocenters. The van der Waals surface area contributed by atoms with Crippen LogP contribution in [0, 0.1) is 3.57 Å². The first kappa shape index (κ1) is 18.1. The van der Waals surface area contributed by atoms with Crippen molar-refractivity contribution in [2.75, 3.05) is 13.7 Å². The number of carbonyl (C=O) groups is 1. The van der Waals surface area contributed by atoms with Gasteiger partial charge in [-0.15, -0.1) is 0 Å². The summed E-state index contributed by atoms with van der Waals surface area (Å²) in [5.41, 5.74) is 4.03. The molecule has 0 saturated heterocycles. The third-order valence-electron chi connectivity index (χ3n) is 3.53. The van der Waals surface area contributed by atoms with Gasteiger partial charge in [0.1, 0.15) is 17.0 Å². The average molecular weight is 461 g/mol. The molecule has 0 aliphatic rings. The monoisotopic (exact) mass is 461 g/mol. The van der Waals surface area contributed by atoms with Crippen molar-refractivity contribution in [2.24, 2.45) is 5.10 Å². The van der Waals surface area contributed by atoms with Crippen molar-refractivity contribution in [3.05, 3.63) is 63.9 Å². The molecule has 1 heterocycles. The molecule has 0 unspecified atom stereocenters. The summed E-state index contributed by atoms with van der Waals surface area (Å²) in [5, 5.41) is 4.90. The maximum absolute atomic E-state index is 11.9. The second kappa shape index (κ2) is 8.61. The summed E-state index contributed by atoms with van der Waals surface area (Å²) in [6, 6.07) is 15.0. The number of pyridine rings is 1. The standard InChI is InChI=1S/C19H16IN3O3/c1-25-16-8-7-13(10-15(16)20)11-22-23-18(24)12-26-17-6-2-4-14-5-3-9-21-19(14)17/h2-11H,12H2,1H3,(H,23,24)/b22-11+. The number of para-hydroxylation sites is 1. The number of aromatic nitrogens is 1. The molecular weight excluding hydrogens is 445 g/mol. The van der Waals surface area contributed by atoms with Crippen LogP contribution in [0.5, 0.6) is 11.5 Å². The smallest absolute Gasteiger partial charge is 0.277 e. The molecule has 0 radical (unpaired) electrons. The van der Waals surface area contributed by atoms with E-state index in [9.17, 15) is 4.79 Å². The van der Waals surface area contributed by atoms with Crippen molar-refractivity contribution in [1.82, 2.24) is 10.4 Å². The first-order chi connectivity index (χ1) is 12.7. The number of carbonyl (C=O) groups excluding carboxylic acids is 1. The zero-order valence-corrected chi connectivity index (χ0v) is 16.1. The number of benzene rings is 2. The third-order valence-corrected chi connectivity index (χ3v) is 4.38. The van der Waals surface area contributed by atoms with Crippen LogP contribution in [-0.4, -0.2) is 30.8 Å². The van der Waals surface area contributed by atoms with E-state index in [-0.39, 0.29) is 12.5 Å². The minimum Gasteiger partial charge on any atom is -0.496 e. The fourth-order valence-electron chi connectivity index (χ4n) is 2.31. The van der Waals surface area contributed by atoms with Crippen LogP contribution >= 0.6 is 22.6 Å². The van der Waals surface area contributed by atoms with Crippen molar-refractivity contribution >= 4 is 45.6 Å². The van der Waals surface area contributed by atoms with E-state index >= 15 is 0 Å². The summed E-state index contributed by atoms with van der Waals surface area (Å²) in [4.78, 5) is 16.2. The SMILES string of the molecule is COc1ccc(/C=N/NC(=O)COc2cccc3cccnc23)cc1I. The van der Waals surface area contributed by atoms with Crippen LogP contribution in [0.2, 0.25) is 0 Å². The molecule has 26 heavy (non-hydrogen) atoms. The molecule has 1 N–H and O–H groups in total. The molecule has 1 aromatic heterocycles.